The zero-order valence-electron chi connectivity index (χ0n) is 9.66. The smallest absolute Gasteiger partial charge is 0.416 e. The van der Waals surface area contributed by atoms with Crippen molar-refractivity contribution in [3.8, 4) is 5.75 Å². The van der Waals surface area contributed by atoms with Crippen molar-refractivity contribution in [1.82, 2.24) is 0 Å². The number of carboxylic acids is 1. The predicted molar refractivity (Wildman–Crippen MR) is 58.4 cm³/mol. The number of halogens is 3. The Hall–Kier alpha value is -1.72. The molecule has 3 nitrogen and oxygen atoms in total. The van der Waals surface area contributed by atoms with Gasteiger partial charge in [0.25, 0.3) is 0 Å². The number of aromatic hydroxyl groups is 1. The lowest BCUT2D eigenvalue weighted by Crippen LogP contribution is -2.09. The van der Waals surface area contributed by atoms with Crippen molar-refractivity contribution >= 4 is 5.97 Å². The van der Waals surface area contributed by atoms with E-state index < -0.39 is 29.4 Å². The van der Waals surface area contributed by atoms with Gasteiger partial charge in [-0.15, -0.1) is 0 Å². The molecule has 18 heavy (non-hydrogen) atoms. The number of phenols is 1. The van der Waals surface area contributed by atoms with E-state index in [1.165, 1.54) is 6.07 Å². The average Bonchev–Trinajstić information content (AvgIpc) is 2.23. The molecule has 0 saturated carbocycles. The number of aliphatic carboxylic acids is 1. The molecule has 0 aliphatic rings. The molecule has 0 aliphatic heterocycles. The van der Waals surface area contributed by atoms with Crippen molar-refractivity contribution < 1.29 is 28.2 Å². The highest BCUT2D eigenvalue weighted by atomic mass is 19.4. The van der Waals surface area contributed by atoms with Gasteiger partial charge in [-0.05, 0) is 36.1 Å². The fourth-order valence-electron chi connectivity index (χ4n) is 1.74. The Morgan fingerprint density at radius 1 is 1.33 bits per heavy atom. The minimum Gasteiger partial charge on any atom is -0.508 e. The average molecular weight is 262 g/mol. The monoisotopic (exact) mass is 262 g/mol. The number of phenolic OH excluding ortho intramolecular Hbond substituents is 1. The lowest BCUT2D eigenvalue weighted by molar-refractivity contribution is -0.138. The maximum absolute atomic E-state index is 12.6. The molecule has 0 amide bonds. The van der Waals surface area contributed by atoms with Gasteiger partial charge < -0.3 is 10.2 Å². The Bertz CT molecular complexity index is 441. The fourth-order valence-corrected chi connectivity index (χ4v) is 1.74. The standard InChI is InChI=1S/C12H13F3O3/c1-2-7(5-11(17)18)8-3-9(12(13,14)15)6-10(16)4-8/h3-4,6-7,16H,2,5H2,1H3,(H,17,18). The number of hydrogen-bond acceptors (Lipinski definition) is 2. The van der Waals surface area contributed by atoms with Crippen molar-refractivity contribution in [3.63, 3.8) is 0 Å². The van der Waals surface area contributed by atoms with Gasteiger partial charge in [-0.1, -0.05) is 6.92 Å². The van der Waals surface area contributed by atoms with Crippen LogP contribution >= 0.6 is 0 Å². The normalized spacial score (nSPS) is 13.3. The third-order valence-electron chi connectivity index (χ3n) is 2.65. The molecule has 0 fully saturated rings. The number of carboxylic acid groups (broad SMARTS) is 1. The summed E-state index contributed by atoms with van der Waals surface area (Å²) in [4.78, 5) is 10.6. The molecule has 1 aromatic carbocycles. The van der Waals surface area contributed by atoms with E-state index in [1.54, 1.807) is 6.92 Å². The molecule has 2 N–H and O–H groups in total. The van der Waals surface area contributed by atoms with Crippen LogP contribution in [0.5, 0.6) is 5.75 Å². The van der Waals surface area contributed by atoms with Gasteiger partial charge in [-0.25, -0.2) is 0 Å². The molecule has 100 valence electrons. The van der Waals surface area contributed by atoms with Gasteiger partial charge in [0.2, 0.25) is 0 Å². The Morgan fingerprint density at radius 2 is 1.94 bits per heavy atom. The summed E-state index contributed by atoms with van der Waals surface area (Å²) in [6, 6.07) is 2.68. The molecule has 0 saturated heterocycles. The molecule has 0 radical (unpaired) electrons. The minimum absolute atomic E-state index is 0.187. The highest BCUT2D eigenvalue weighted by Crippen LogP contribution is 2.35. The zero-order valence-corrected chi connectivity index (χ0v) is 9.66. The van der Waals surface area contributed by atoms with Crippen LogP contribution in [-0.2, 0) is 11.0 Å². The quantitative estimate of drug-likeness (QED) is 0.874. The van der Waals surface area contributed by atoms with Crippen LogP contribution in [0.25, 0.3) is 0 Å². The van der Waals surface area contributed by atoms with Gasteiger partial charge in [-0.2, -0.15) is 13.2 Å². The number of alkyl halides is 3. The third kappa shape index (κ3) is 3.65. The van der Waals surface area contributed by atoms with Crippen LogP contribution < -0.4 is 0 Å². The Balaban J connectivity index is 3.15. The van der Waals surface area contributed by atoms with Gasteiger partial charge in [0.05, 0.1) is 12.0 Å². The van der Waals surface area contributed by atoms with Gasteiger partial charge in [0.15, 0.2) is 0 Å². The van der Waals surface area contributed by atoms with Gasteiger partial charge in [0, 0.05) is 0 Å². The first-order valence-electron chi connectivity index (χ1n) is 5.37. The maximum Gasteiger partial charge on any atom is 0.416 e. The van der Waals surface area contributed by atoms with E-state index in [0.29, 0.717) is 12.5 Å². The number of carbonyl (C=O) groups is 1. The number of rotatable bonds is 4. The van der Waals surface area contributed by atoms with E-state index >= 15 is 0 Å². The van der Waals surface area contributed by atoms with E-state index in [0.717, 1.165) is 6.07 Å². The molecule has 0 aliphatic carbocycles. The first-order valence-corrected chi connectivity index (χ1v) is 5.37. The Labute approximate surface area is 102 Å². The molecular weight excluding hydrogens is 249 g/mol. The van der Waals surface area contributed by atoms with Crippen LogP contribution in [-0.4, -0.2) is 16.2 Å². The van der Waals surface area contributed by atoms with Crippen LogP contribution in [0.4, 0.5) is 13.2 Å². The van der Waals surface area contributed by atoms with Gasteiger partial charge >= 0.3 is 12.1 Å². The molecule has 6 heteroatoms. The van der Waals surface area contributed by atoms with Crippen molar-refractivity contribution in [2.45, 2.75) is 31.9 Å². The molecule has 1 atom stereocenters. The first-order chi connectivity index (χ1) is 8.24. The lowest BCUT2D eigenvalue weighted by Gasteiger charge is -2.16. The predicted octanol–water partition coefficient (Wildman–Crippen LogP) is 3.38. The Kier molecular flexibility index (Phi) is 4.21. The highest BCUT2D eigenvalue weighted by Gasteiger charge is 2.32. The summed E-state index contributed by atoms with van der Waals surface area (Å²) in [5, 5.41) is 18.0. The number of benzene rings is 1. The van der Waals surface area contributed by atoms with Crippen molar-refractivity contribution in [2.75, 3.05) is 0 Å². The highest BCUT2D eigenvalue weighted by molar-refractivity contribution is 5.68. The molecule has 0 bridgehead atoms. The van der Waals surface area contributed by atoms with Crippen molar-refractivity contribution in [3.05, 3.63) is 29.3 Å². The van der Waals surface area contributed by atoms with E-state index in [9.17, 15) is 23.1 Å². The summed E-state index contributed by atoms with van der Waals surface area (Å²) in [5.41, 5.74) is -0.784. The number of hydrogen-bond donors (Lipinski definition) is 2. The van der Waals surface area contributed by atoms with E-state index in [-0.39, 0.29) is 12.0 Å². The van der Waals surface area contributed by atoms with Crippen LogP contribution in [0.1, 0.15) is 36.8 Å². The second-order valence-corrected chi connectivity index (χ2v) is 4.01. The molecule has 0 heterocycles. The van der Waals surface area contributed by atoms with Crippen LogP contribution in [0, 0.1) is 0 Å². The summed E-state index contributed by atoms with van der Waals surface area (Å²) < 4.78 is 37.7. The lowest BCUT2D eigenvalue weighted by atomic mass is 9.91. The summed E-state index contributed by atoms with van der Waals surface area (Å²) in [6.45, 7) is 1.69. The zero-order chi connectivity index (χ0) is 13.9. The Morgan fingerprint density at radius 3 is 2.39 bits per heavy atom. The van der Waals surface area contributed by atoms with E-state index in [1.807, 2.05) is 0 Å². The van der Waals surface area contributed by atoms with Gasteiger partial charge in [-0.3, -0.25) is 4.79 Å². The molecule has 0 spiro atoms. The molecule has 1 rings (SSSR count). The van der Waals surface area contributed by atoms with Crippen LogP contribution in [0.2, 0.25) is 0 Å². The minimum atomic E-state index is -4.56. The molecule has 1 unspecified atom stereocenters. The van der Waals surface area contributed by atoms with Crippen LogP contribution in [0.15, 0.2) is 18.2 Å². The summed E-state index contributed by atoms with van der Waals surface area (Å²) in [7, 11) is 0. The molecule has 0 aromatic heterocycles. The molecular formula is C12H13F3O3. The first kappa shape index (κ1) is 14.3. The third-order valence-corrected chi connectivity index (χ3v) is 2.65. The second kappa shape index (κ2) is 5.29. The largest absolute Gasteiger partial charge is 0.508 e. The summed E-state index contributed by atoms with van der Waals surface area (Å²) >= 11 is 0. The van der Waals surface area contributed by atoms with E-state index in [2.05, 4.69) is 0 Å². The molecule has 1 aromatic rings. The van der Waals surface area contributed by atoms with Crippen LogP contribution in [0.3, 0.4) is 0 Å². The van der Waals surface area contributed by atoms with Crippen molar-refractivity contribution in [1.29, 1.82) is 0 Å². The summed E-state index contributed by atoms with van der Waals surface area (Å²) in [5.74, 6) is -2.14. The van der Waals surface area contributed by atoms with Gasteiger partial charge in [0.1, 0.15) is 5.75 Å². The maximum atomic E-state index is 12.6. The topological polar surface area (TPSA) is 57.5 Å². The SMILES string of the molecule is CCC(CC(=O)O)c1cc(O)cc(C(F)(F)F)c1. The fraction of sp³-hybridized carbons (Fsp3) is 0.417. The second-order valence-electron chi connectivity index (χ2n) is 4.01. The summed E-state index contributed by atoms with van der Waals surface area (Å²) in [6.07, 6.45) is -4.45. The van der Waals surface area contributed by atoms with E-state index in [4.69, 9.17) is 5.11 Å². The van der Waals surface area contributed by atoms with Crippen molar-refractivity contribution in [2.24, 2.45) is 0 Å².